The molecule has 2 fully saturated rings. The molecule has 0 amide bonds. The Labute approximate surface area is 149 Å². The first-order valence-electron chi connectivity index (χ1n) is 8.14. The predicted molar refractivity (Wildman–Crippen MR) is 92.6 cm³/mol. The smallest absolute Gasteiger partial charge is 0.206 e. The molecule has 0 unspecified atom stereocenters. The molecule has 1 aliphatic carbocycles. The van der Waals surface area contributed by atoms with Gasteiger partial charge >= 0.3 is 0 Å². The summed E-state index contributed by atoms with van der Waals surface area (Å²) in [5.41, 5.74) is 1.51. The third-order valence-electron chi connectivity index (χ3n) is 4.84. The molecule has 2 aromatic rings. The number of rotatable bonds is 4. The quantitative estimate of drug-likeness (QED) is 0.769. The van der Waals surface area contributed by atoms with Crippen LogP contribution in [0.3, 0.4) is 0 Å². The van der Waals surface area contributed by atoms with E-state index < -0.39 is 18.4 Å². The zero-order chi connectivity index (χ0) is 16.8. The van der Waals surface area contributed by atoms with E-state index in [2.05, 4.69) is 10.3 Å². The van der Waals surface area contributed by atoms with Crippen LogP contribution in [0.25, 0.3) is 11.0 Å². The molecule has 8 heteroatoms. The molecule has 2 heterocycles. The Morgan fingerprint density at radius 2 is 2.04 bits per heavy atom. The highest BCUT2D eigenvalue weighted by molar-refractivity contribution is 6.42. The fourth-order valence-electron chi connectivity index (χ4n) is 3.26. The minimum atomic E-state index is -0.711. The number of ether oxygens (including phenoxy) is 1. The van der Waals surface area contributed by atoms with Gasteiger partial charge in [-0.05, 0) is 31.4 Å². The van der Waals surface area contributed by atoms with Crippen molar-refractivity contribution in [3.05, 3.63) is 22.2 Å². The van der Waals surface area contributed by atoms with Gasteiger partial charge in [0, 0.05) is 12.5 Å². The van der Waals surface area contributed by atoms with Gasteiger partial charge in [-0.1, -0.05) is 23.2 Å². The van der Waals surface area contributed by atoms with E-state index in [0.717, 1.165) is 23.9 Å². The fourth-order valence-corrected chi connectivity index (χ4v) is 3.57. The minimum Gasteiger partial charge on any atom is -0.394 e. The second-order valence-electron chi connectivity index (χ2n) is 6.45. The number of nitrogens with zero attached hydrogens (tertiary/aromatic N) is 2. The summed E-state index contributed by atoms with van der Waals surface area (Å²) in [6, 6.07) is 3.89. The van der Waals surface area contributed by atoms with Gasteiger partial charge in [0.1, 0.15) is 12.3 Å². The molecule has 0 spiro atoms. The molecular weight excluding hydrogens is 353 g/mol. The molecule has 3 N–H and O–H groups in total. The molecule has 1 aromatic carbocycles. The van der Waals surface area contributed by atoms with E-state index in [1.807, 2.05) is 4.57 Å². The monoisotopic (exact) mass is 371 g/mol. The Bertz CT molecular complexity index is 763. The number of aliphatic hydroxyl groups is 2. The number of aliphatic hydroxyl groups excluding tert-OH is 2. The van der Waals surface area contributed by atoms with Crippen molar-refractivity contribution >= 4 is 40.2 Å². The minimum absolute atomic E-state index is 0.220. The van der Waals surface area contributed by atoms with Crippen LogP contribution in [-0.4, -0.2) is 44.6 Å². The van der Waals surface area contributed by atoms with Crippen LogP contribution in [0.5, 0.6) is 0 Å². The summed E-state index contributed by atoms with van der Waals surface area (Å²) in [5, 5.41) is 23.7. The van der Waals surface area contributed by atoms with Crippen molar-refractivity contribution in [3.63, 3.8) is 0 Å². The number of halogens is 2. The fraction of sp³-hybridized carbons (Fsp3) is 0.562. The maximum Gasteiger partial charge on any atom is 0.206 e. The number of imidazole rings is 1. The Balaban J connectivity index is 1.78. The van der Waals surface area contributed by atoms with Crippen LogP contribution >= 0.6 is 23.2 Å². The van der Waals surface area contributed by atoms with Crippen molar-refractivity contribution in [2.75, 3.05) is 11.9 Å². The number of benzene rings is 1. The van der Waals surface area contributed by atoms with Gasteiger partial charge in [0.2, 0.25) is 5.95 Å². The molecule has 2 aliphatic rings. The van der Waals surface area contributed by atoms with Gasteiger partial charge in [0.05, 0.1) is 33.8 Å². The van der Waals surface area contributed by atoms with E-state index in [4.69, 9.17) is 27.9 Å². The second-order valence-corrected chi connectivity index (χ2v) is 7.26. The lowest BCUT2D eigenvalue weighted by Gasteiger charge is -2.28. The molecule has 4 rings (SSSR count). The summed E-state index contributed by atoms with van der Waals surface area (Å²) in [5.74, 6) is 0.684. The van der Waals surface area contributed by atoms with E-state index in [1.165, 1.54) is 6.42 Å². The van der Waals surface area contributed by atoms with Crippen LogP contribution in [0, 0.1) is 0 Å². The predicted octanol–water partition coefficient (Wildman–Crippen LogP) is 2.95. The summed E-state index contributed by atoms with van der Waals surface area (Å²) < 4.78 is 7.74. The lowest BCUT2D eigenvalue weighted by molar-refractivity contribution is -0.0424. The summed E-state index contributed by atoms with van der Waals surface area (Å²) >= 11 is 12.3. The molecule has 1 saturated heterocycles. The van der Waals surface area contributed by atoms with E-state index >= 15 is 0 Å². The summed E-state index contributed by atoms with van der Waals surface area (Å²) in [4.78, 5) is 4.64. The first kappa shape index (κ1) is 16.4. The van der Waals surface area contributed by atoms with Crippen molar-refractivity contribution in [3.8, 4) is 0 Å². The SMILES string of the molecule is OC[C@@H]1O[C@H](n2c(NC3CCC3)nc3cc(Cl)c(Cl)cc32)C[C@H]1O. The van der Waals surface area contributed by atoms with Gasteiger partial charge < -0.3 is 20.3 Å². The van der Waals surface area contributed by atoms with Gasteiger partial charge in [-0.2, -0.15) is 0 Å². The molecule has 0 radical (unpaired) electrons. The molecule has 6 nitrogen and oxygen atoms in total. The van der Waals surface area contributed by atoms with Crippen molar-refractivity contribution in [2.45, 2.75) is 50.2 Å². The topological polar surface area (TPSA) is 79.5 Å². The maximum absolute atomic E-state index is 10.1. The first-order valence-corrected chi connectivity index (χ1v) is 8.90. The Kier molecular flexibility index (Phi) is 4.34. The molecule has 1 aliphatic heterocycles. The van der Waals surface area contributed by atoms with E-state index in [9.17, 15) is 10.2 Å². The highest BCUT2D eigenvalue weighted by Gasteiger charge is 2.36. The highest BCUT2D eigenvalue weighted by atomic mass is 35.5. The third-order valence-corrected chi connectivity index (χ3v) is 5.56. The van der Waals surface area contributed by atoms with Gasteiger partial charge in [-0.25, -0.2) is 4.98 Å². The van der Waals surface area contributed by atoms with E-state index in [0.29, 0.717) is 28.5 Å². The molecule has 130 valence electrons. The number of anilines is 1. The van der Waals surface area contributed by atoms with Crippen LogP contribution in [0.1, 0.15) is 31.9 Å². The normalized spacial score (nSPS) is 27.6. The number of fused-ring (bicyclic) bond motifs is 1. The number of hydrogen-bond donors (Lipinski definition) is 3. The van der Waals surface area contributed by atoms with Gasteiger partial charge in [-0.3, -0.25) is 4.57 Å². The largest absolute Gasteiger partial charge is 0.394 e. The molecule has 3 atom stereocenters. The lowest BCUT2D eigenvalue weighted by atomic mass is 9.93. The number of nitrogens with one attached hydrogen (secondary N) is 1. The zero-order valence-corrected chi connectivity index (χ0v) is 14.5. The van der Waals surface area contributed by atoms with E-state index in [1.54, 1.807) is 12.1 Å². The number of hydrogen-bond acceptors (Lipinski definition) is 5. The Morgan fingerprint density at radius 1 is 1.29 bits per heavy atom. The standard InChI is InChI=1S/C16H19Cl2N3O3/c17-9-4-11-12(5-10(9)18)21(15-6-13(23)14(7-22)24-15)16(20-11)19-8-2-1-3-8/h4-5,8,13-15,22-23H,1-3,6-7H2,(H,19,20)/t13-,14+,15+/m1/s1. The van der Waals surface area contributed by atoms with Gasteiger partial charge in [0.15, 0.2) is 0 Å². The summed E-state index contributed by atoms with van der Waals surface area (Å²) in [6.07, 6.45) is 2.10. The second kappa shape index (κ2) is 6.35. The van der Waals surface area contributed by atoms with Crippen molar-refractivity contribution < 1.29 is 14.9 Å². The van der Waals surface area contributed by atoms with Crippen LogP contribution in [0.4, 0.5) is 5.95 Å². The molecule has 24 heavy (non-hydrogen) atoms. The van der Waals surface area contributed by atoms with Gasteiger partial charge in [-0.15, -0.1) is 0 Å². The summed E-state index contributed by atoms with van der Waals surface area (Å²) in [6.45, 7) is -0.220. The van der Waals surface area contributed by atoms with Crippen LogP contribution < -0.4 is 5.32 Å². The van der Waals surface area contributed by atoms with E-state index in [-0.39, 0.29) is 6.61 Å². The Hall–Kier alpha value is -1.05. The van der Waals surface area contributed by atoms with Crippen molar-refractivity contribution in [1.29, 1.82) is 0 Å². The highest BCUT2D eigenvalue weighted by Crippen LogP contribution is 2.38. The van der Waals surface area contributed by atoms with Gasteiger partial charge in [0.25, 0.3) is 0 Å². The van der Waals surface area contributed by atoms with Crippen LogP contribution in [-0.2, 0) is 4.74 Å². The molecular formula is C16H19Cl2N3O3. The number of aromatic nitrogens is 2. The van der Waals surface area contributed by atoms with Crippen LogP contribution in [0.15, 0.2) is 12.1 Å². The summed E-state index contributed by atoms with van der Waals surface area (Å²) in [7, 11) is 0. The molecule has 1 saturated carbocycles. The molecule has 0 bridgehead atoms. The van der Waals surface area contributed by atoms with Crippen molar-refractivity contribution in [1.82, 2.24) is 9.55 Å². The average molecular weight is 372 g/mol. The van der Waals surface area contributed by atoms with Crippen molar-refractivity contribution in [2.24, 2.45) is 0 Å². The zero-order valence-electron chi connectivity index (χ0n) is 13.0. The maximum atomic E-state index is 10.1. The first-order chi connectivity index (χ1) is 11.6. The van der Waals surface area contributed by atoms with Crippen LogP contribution in [0.2, 0.25) is 10.0 Å². The lowest BCUT2D eigenvalue weighted by Crippen LogP contribution is -2.29. The third kappa shape index (κ3) is 2.76. The average Bonchev–Trinajstić information content (AvgIpc) is 3.03. The molecule has 1 aromatic heterocycles. The Morgan fingerprint density at radius 3 is 2.67 bits per heavy atom.